The molecule has 0 radical (unpaired) electrons. The fourth-order valence-corrected chi connectivity index (χ4v) is 1.91. The van der Waals surface area contributed by atoms with Gasteiger partial charge in [-0.1, -0.05) is 0 Å². The number of hydrogen-bond donors (Lipinski definition) is 1. The van der Waals surface area contributed by atoms with E-state index in [9.17, 15) is 13.6 Å². The van der Waals surface area contributed by atoms with Crippen LogP contribution in [0.5, 0.6) is 0 Å². The highest BCUT2D eigenvalue weighted by Crippen LogP contribution is 2.11. The third kappa shape index (κ3) is 5.41. The van der Waals surface area contributed by atoms with Gasteiger partial charge in [0.1, 0.15) is 6.61 Å². The molecule has 1 rings (SSSR count). The summed E-state index contributed by atoms with van der Waals surface area (Å²) in [6.07, 6.45) is -0.381. The molecule has 1 aliphatic rings. The number of amides is 1. The van der Waals surface area contributed by atoms with Crippen LogP contribution in [-0.4, -0.2) is 56.6 Å². The lowest BCUT2D eigenvalue weighted by atomic mass is 10.1. The Bertz CT molecular complexity index is 232. The zero-order valence-electron chi connectivity index (χ0n) is 10.1. The van der Waals surface area contributed by atoms with Gasteiger partial charge in [0.2, 0.25) is 5.91 Å². The Morgan fingerprint density at radius 3 is 2.65 bits per heavy atom. The van der Waals surface area contributed by atoms with Gasteiger partial charge in [0.25, 0.3) is 6.43 Å². The third-order valence-electron chi connectivity index (χ3n) is 2.96. The molecule has 1 N–H and O–H groups in total. The maximum Gasteiger partial charge on any atom is 0.261 e. The Hall–Kier alpha value is -0.750. The molecule has 0 aromatic heterocycles. The molecule has 0 spiro atoms. The summed E-state index contributed by atoms with van der Waals surface area (Å²) in [5, 5.41) is 3.18. The van der Waals surface area contributed by atoms with E-state index in [0.29, 0.717) is 6.04 Å². The average Bonchev–Trinajstić information content (AvgIpc) is 2.34. The molecule has 1 amide bonds. The van der Waals surface area contributed by atoms with E-state index in [4.69, 9.17) is 0 Å². The van der Waals surface area contributed by atoms with Crippen LogP contribution in [0.4, 0.5) is 8.78 Å². The van der Waals surface area contributed by atoms with Gasteiger partial charge in [0.15, 0.2) is 0 Å². The van der Waals surface area contributed by atoms with Gasteiger partial charge in [-0.25, -0.2) is 8.78 Å². The van der Waals surface area contributed by atoms with Gasteiger partial charge < -0.3 is 15.0 Å². The van der Waals surface area contributed by atoms with Gasteiger partial charge in [-0.15, -0.1) is 0 Å². The highest BCUT2D eigenvalue weighted by atomic mass is 19.3. The van der Waals surface area contributed by atoms with Crippen molar-refractivity contribution < 1.29 is 18.3 Å². The molecule has 1 fully saturated rings. The summed E-state index contributed by atoms with van der Waals surface area (Å²) in [6, 6.07) is 0.481. The molecule has 1 saturated heterocycles. The standard InChI is InChI=1S/C11H20F2N2O2/c1-14-9-2-5-15(6-3-9)11(16)4-7-17-8-10(12)13/h9-10,14H,2-8H2,1H3. The van der Waals surface area contributed by atoms with Crippen LogP contribution in [0, 0.1) is 0 Å². The van der Waals surface area contributed by atoms with Crippen molar-refractivity contribution in [3.63, 3.8) is 0 Å². The van der Waals surface area contributed by atoms with E-state index in [1.807, 2.05) is 7.05 Å². The summed E-state index contributed by atoms with van der Waals surface area (Å²) in [7, 11) is 1.92. The molecule has 0 saturated carbocycles. The van der Waals surface area contributed by atoms with Crippen molar-refractivity contribution in [2.45, 2.75) is 31.7 Å². The first kappa shape index (κ1) is 14.3. The summed E-state index contributed by atoms with van der Waals surface area (Å²) in [4.78, 5) is 13.5. The van der Waals surface area contributed by atoms with E-state index in [-0.39, 0.29) is 18.9 Å². The highest BCUT2D eigenvalue weighted by molar-refractivity contribution is 5.76. The number of nitrogens with zero attached hydrogens (tertiary/aromatic N) is 1. The molecular weight excluding hydrogens is 230 g/mol. The number of ether oxygens (including phenoxy) is 1. The van der Waals surface area contributed by atoms with E-state index in [2.05, 4.69) is 10.1 Å². The van der Waals surface area contributed by atoms with Crippen molar-refractivity contribution in [3.8, 4) is 0 Å². The monoisotopic (exact) mass is 250 g/mol. The fraction of sp³-hybridized carbons (Fsp3) is 0.909. The Balaban J connectivity index is 2.12. The molecule has 4 nitrogen and oxygen atoms in total. The number of piperidine rings is 1. The third-order valence-corrected chi connectivity index (χ3v) is 2.96. The molecule has 6 heteroatoms. The van der Waals surface area contributed by atoms with Crippen molar-refractivity contribution >= 4 is 5.91 Å². The molecular formula is C11H20F2N2O2. The number of likely N-dealkylation sites (tertiary alicyclic amines) is 1. The summed E-state index contributed by atoms with van der Waals surface area (Å²) < 4.78 is 28.2. The van der Waals surface area contributed by atoms with Crippen LogP contribution in [0.25, 0.3) is 0 Å². The SMILES string of the molecule is CNC1CCN(C(=O)CCOCC(F)F)CC1. The van der Waals surface area contributed by atoms with Crippen LogP contribution in [0.3, 0.4) is 0 Å². The predicted octanol–water partition coefficient (Wildman–Crippen LogP) is 0.869. The maximum atomic E-state index is 11.8. The molecule has 17 heavy (non-hydrogen) atoms. The molecule has 0 unspecified atom stereocenters. The second-order valence-corrected chi connectivity index (χ2v) is 4.16. The quantitative estimate of drug-likeness (QED) is 0.711. The van der Waals surface area contributed by atoms with Crippen molar-refractivity contribution in [1.29, 1.82) is 0 Å². The number of halogens is 2. The lowest BCUT2D eigenvalue weighted by Crippen LogP contribution is -2.44. The highest BCUT2D eigenvalue weighted by Gasteiger charge is 2.21. The second kappa shape index (κ2) is 7.55. The van der Waals surface area contributed by atoms with E-state index in [1.54, 1.807) is 4.90 Å². The first-order valence-electron chi connectivity index (χ1n) is 5.94. The number of carbonyl (C=O) groups excluding carboxylic acids is 1. The molecule has 1 aliphatic heterocycles. The molecule has 0 bridgehead atoms. The Labute approximate surface area is 100 Å². The maximum absolute atomic E-state index is 11.8. The topological polar surface area (TPSA) is 41.6 Å². The molecule has 0 aliphatic carbocycles. The molecule has 1 heterocycles. The molecule has 0 aromatic carbocycles. The second-order valence-electron chi connectivity index (χ2n) is 4.16. The first-order valence-corrected chi connectivity index (χ1v) is 5.94. The minimum absolute atomic E-state index is 0.00572. The van der Waals surface area contributed by atoms with Crippen LogP contribution < -0.4 is 5.32 Å². The van der Waals surface area contributed by atoms with Crippen LogP contribution in [0.1, 0.15) is 19.3 Å². The molecule has 100 valence electrons. The summed E-state index contributed by atoms with van der Waals surface area (Å²) in [6.45, 7) is 0.961. The van der Waals surface area contributed by atoms with E-state index >= 15 is 0 Å². The van der Waals surface area contributed by atoms with Gasteiger partial charge >= 0.3 is 0 Å². The van der Waals surface area contributed by atoms with Crippen LogP contribution in [0.15, 0.2) is 0 Å². The van der Waals surface area contributed by atoms with E-state index in [1.165, 1.54) is 0 Å². The lowest BCUT2D eigenvalue weighted by molar-refractivity contribution is -0.133. The first-order chi connectivity index (χ1) is 8.13. The van der Waals surface area contributed by atoms with Crippen molar-refractivity contribution in [1.82, 2.24) is 10.2 Å². The lowest BCUT2D eigenvalue weighted by Gasteiger charge is -2.31. The van der Waals surface area contributed by atoms with Gasteiger partial charge in [-0.05, 0) is 19.9 Å². The van der Waals surface area contributed by atoms with Crippen molar-refractivity contribution in [2.75, 3.05) is 33.4 Å². The zero-order valence-corrected chi connectivity index (χ0v) is 10.1. The number of alkyl halides is 2. The molecule has 0 aromatic rings. The Morgan fingerprint density at radius 1 is 1.47 bits per heavy atom. The van der Waals surface area contributed by atoms with Crippen LogP contribution >= 0.6 is 0 Å². The number of nitrogens with one attached hydrogen (secondary N) is 1. The smallest absolute Gasteiger partial charge is 0.261 e. The normalized spacial score (nSPS) is 17.8. The predicted molar refractivity (Wildman–Crippen MR) is 60.1 cm³/mol. The van der Waals surface area contributed by atoms with E-state index < -0.39 is 13.0 Å². The Morgan fingerprint density at radius 2 is 2.12 bits per heavy atom. The van der Waals surface area contributed by atoms with Gasteiger partial charge in [0.05, 0.1) is 13.0 Å². The Kier molecular flexibility index (Phi) is 6.36. The minimum Gasteiger partial charge on any atom is -0.375 e. The number of carbonyl (C=O) groups is 1. The summed E-state index contributed by atoms with van der Waals surface area (Å²) in [5.41, 5.74) is 0. The van der Waals surface area contributed by atoms with Gasteiger partial charge in [-0.3, -0.25) is 4.79 Å². The average molecular weight is 250 g/mol. The summed E-state index contributed by atoms with van der Waals surface area (Å²) >= 11 is 0. The van der Waals surface area contributed by atoms with Crippen LogP contribution in [0.2, 0.25) is 0 Å². The summed E-state index contributed by atoms with van der Waals surface area (Å²) in [5.74, 6) is -0.00572. The number of rotatable bonds is 6. The number of hydrogen-bond acceptors (Lipinski definition) is 3. The van der Waals surface area contributed by atoms with Gasteiger partial charge in [-0.2, -0.15) is 0 Å². The van der Waals surface area contributed by atoms with Crippen molar-refractivity contribution in [2.24, 2.45) is 0 Å². The molecule has 0 atom stereocenters. The van der Waals surface area contributed by atoms with Crippen LogP contribution in [-0.2, 0) is 9.53 Å². The minimum atomic E-state index is -2.46. The van der Waals surface area contributed by atoms with Gasteiger partial charge in [0, 0.05) is 19.1 Å². The zero-order chi connectivity index (χ0) is 12.7. The van der Waals surface area contributed by atoms with Crippen molar-refractivity contribution in [3.05, 3.63) is 0 Å². The van der Waals surface area contributed by atoms with E-state index in [0.717, 1.165) is 25.9 Å². The fourth-order valence-electron chi connectivity index (χ4n) is 1.91. The largest absolute Gasteiger partial charge is 0.375 e.